The highest BCUT2D eigenvalue weighted by molar-refractivity contribution is 5.90. The molecule has 1 heterocycles. The Hall–Kier alpha value is -3.48. The molecule has 1 unspecified atom stereocenters. The zero-order valence-corrected chi connectivity index (χ0v) is 15.6. The summed E-state index contributed by atoms with van der Waals surface area (Å²) >= 11 is 0. The second kappa shape index (κ2) is 8.94. The van der Waals surface area contributed by atoms with Gasteiger partial charge < -0.3 is 24.3 Å². The fraction of sp³-hybridized carbons (Fsp3) is 0.238. The lowest BCUT2D eigenvalue weighted by molar-refractivity contribution is -0.150. The van der Waals surface area contributed by atoms with Crippen molar-refractivity contribution in [2.45, 2.75) is 19.6 Å². The molecule has 146 valence electrons. The summed E-state index contributed by atoms with van der Waals surface area (Å²) in [5.41, 5.74) is 1.59. The predicted molar refractivity (Wildman–Crippen MR) is 102 cm³/mol. The molecule has 1 amide bonds. The molecule has 0 fully saturated rings. The van der Waals surface area contributed by atoms with E-state index in [1.54, 1.807) is 31.4 Å². The van der Waals surface area contributed by atoms with Gasteiger partial charge in [0.1, 0.15) is 5.75 Å². The minimum Gasteiger partial charge on any atom is -0.496 e. The van der Waals surface area contributed by atoms with Crippen LogP contribution in [0, 0.1) is 0 Å². The third kappa shape index (κ3) is 4.82. The zero-order chi connectivity index (χ0) is 19.9. The summed E-state index contributed by atoms with van der Waals surface area (Å²) in [5.74, 6) is 0.960. The summed E-state index contributed by atoms with van der Waals surface area (Å²) in [7, 11) is 1.55. The van der Waals surface area contributed by atoms with Gasteiger partial charge in [0.2, 0.25) is 6.79 Å². The average molecular weight is 383 g/mol. The molecule has 0 radical (unpaired) electrons. The van der Waals surface area contributed by atoms with Gasteiger partial charge in [0.05, 0.1) is 7.11 Å². The van der Waals surface area contributed by atoms with Gasteiger partial charge in [0.15, 0.2) is 17.6 Å². The van der Waals surface area contributed by atoms with E-state index in [0.717, 1.165) is 11.1 Å². The first-order chi connectivity index (χ1) is 13.6. The molecule has 1 aliphatic rings. The van der Waals surface area contributed by atoms with Crippen LogP contribution < -0.4 is 19.5 Å². The average Bonchev–Trinajstić information content (AvgIpc) is 3.18. The summed E-state index contributed by atoms with van der Waals surface area (Å²) in [6.45, 7) is 2.00. The number of para-hydroxylation sites is 1. The number of carbonyl (C=O) groups excluding carboxylic acids is 2. The SMILES string of the molecule is COc1ccccc1/C=C/C(=O)OC(C)C(=O)NCc1ccc2c(c1)OCO2. The molecule has 0 aliphatic carbocycles. The monoisotopic (exact) mass is 383 g/mol. The first-order valence-corrected chi connectivity index (χ1v) is 8.75. The van der Waals surface area contributed by atoms with Gasteiger partial charge in [-0.1, -0.05) is 24.3 Å². The molecule has 2 aromatic carbocycles. The van der Waals surface area contributed by atoms with E-state index in [2.05, 4.69) is 5.32 Å². The number of carbonyl (C=O) groups is 2. The Morgan fingerprint density at radius 1 is 1.18 bits per heavy atom. The van der Waals surface area contributed by atoms with Crippen molar-refractivity contribution < 1.29 is 28.5 Å². The summed E-state index contributed by atoms with van der Waals surface area (Å²) in [5, 5.41) is 2.73. The third-order valence-corrected chi connectivity index (χ3v) is 4.10. The smallest absolute Gasteiger partial charge is 0.331 e. The highest BCUT2D eigenvalue weighted by Crippen LogP contribution is 2.32. The van der Waals surface area contributed by atoms with E-state index >= 15 is 0 Å². The molecule has 0 saturated heterocycles. The Bertz CT molecular complexity index is 892. The largest absolute Gasteiger partial charge is 0.496 e. The van der Waals surface area contributed by atoms with Crippen molar-refractivity contribution in [2.75, 3.05) is 13.9 Å². The molecule has 1 aliphatic heterocycles. The van der Waals surface area contributed by atoms with Crippen LogP contribution in [-0.2, 0) is 20.9 Å². The molecule has 28 heavy (non-hydrogen) atoms. The maximum Gasteiger partial charge on any atom is 0.331 e. The third-order valence-electron chi connectivity index (χ3n) is 4.10. The Balaban J connectivity index is 1.49. The Kier molecular flexibility index (Phi) is 6.16. The summed E-state index contributed by atoms with van der Waals surface area (Å²) in [4.78, 5) is 24.1. The fourth-order valence-electron chi connectivity index (χ4n) is 2.61. The van der Waals surface area contributed by atoms with Crippen LogP contribution in [0.1, 0.15) is 18.1 Å². The lowest BCUT2D eigenvalue weighted by Crippen LogP contribution is -2.35. The van der Waals surface area contributed by atoms with Crippen molar-refractivity contribution in [3.05, 3.63) is 59.7 Å². The van der Waals surface area contributed by atoms with Crippen LogP contribution in [0.15, 0.2) is 48.5 Å². The molecule has 3 rings (SSSR count). The van der Waals surface area contributed by atoms with Crippen molar-refractivity contribution in [3.8, 4) is 17.2 Å². The van der Waals surface area contributed by atoms with E-state index in [0.29, 0.717) is 17.2 Å². The van der Waals surface area contributed by atoms with Crippen molar-refractivity contribution in [2.24, 2.45) is 0 Å². The van der Waals surface area contributed by atoms with Crippen LogP contribution in [0.3, 0.4) is 0 Å². The van der Waals surface area contributed by atoms with Crippen molar-refractivity contribution >= 4 is 18.0 Å². The molecular weight excluding hydrogens is 362 g/mol. The van der Waals surface area contributed by atoms with Gasteiger partial charge in [-0.25, -0.2) is 4.79 Å². The highest BCUT2D eigenvalue weighted by atomic mass is 16.7. The van der Waals surface area contributed by atoms with E-state index in [4.69, 9.17) is 18.9 Å². The first kappa shape index (κ1) is 19.3. The van der Waals surface area contributed by atoms with Crippen molar-refractivity contribution in [1.29, 1.82) is 0 Å². The molecule has 1 atom stereocenters. The Labute approximate surface area is 162 Å². The Morgan fingerprint density at radius 3 is 2.79 bits per heavy atom. The minimum absolute atomic E-state index is 0.195. The summed E-state index contributed by atoms with van der Waals surface area (Å²) in [6.07, 6.45) is 1.92. The molecule has 0 aromatic heterocycles. The van der Waals surface area contributed by atoms with E-state index < -0.39 is 18.0 Å². The lowest BCUT2D eigenvalue weighted by Gasteiger charge is -2.12. The molecule has 0 spiro atoms. The number of amides is 1. The number of nitrogens with one attached hydrogen (secondary N) is 1. The summed E-state index contributed by atoms with van der Waals surface area (Å²) < 4.78 is 20.9. The number of benzene rings is 2. The quantitative estimate of drug-likeness (QED) is 0.585. The van der Waals surface area contributed by atoms with Gasteiger partial charge in [-0.05, 0) is 36.8 Å². The van der Waals surface area contributed by atoms with E-state index in [1.165, 1.54) is 13.0 Å². The van der Waals surface area contributed by atoms with Crippen LogP contribution in [-0.4, -0.2) is 31.9 Å². The van der Waals surface area contributed by atoms with Crippen molar-refractivity contribution in [1.82, 2.24) is 5.32 Å². The van der Waals surface area contributed by atoms with E-state index in [9.17, 15) is 9.59 Å². The topological polar surface area (TPSA) is 83.1 Å². The van der Waals surface area contributed by atoms with Crippen LogP contribution in [0.4, 0.5) is 0 Å². The van der Waals surface area contributed by atoms with E-state index in [-0.39, 0.29) is 13.3 Å². The number of rotatable bonds is 7. The second-order valence-electron chi connectivity index (χ2n) is 6.06. The molecule has 0 bridgehead atoms. The Morgan fingerprint density at radius 2 is 1.96 bits per heavy atom. The van der Waals surface area contributed by atoms with Gasteiger partial charge in [0.25, 0.3) is 5.91 Å². The van der Waals surface area contributed by atoms with Gasteiger partial charge in [0, 0.05) is 18.2 Å². The lowest BCUT2D eigenvalue weighted by atomic mass is 10.2. The van der Waals surface area contributed by atoms with Gasteiger partial charge in [-0.3, -0.25) is 4.79 Å². The number of esters is 1. The fourth-order valence-corrected chi connectivity index (χ4v) is 2.61. The normalized spacial score (nSPS) is 13.2. The van der Waals surface area contributed by atoms with Gasteiger partial charge >= 0.3 is 5.97 Å². The second-order valence-corrected chi connectivity index (χ2v) is 6.06. The molecule has 7 heteroatoms. The van der Waals surface area contributed by atoms with Gasteiger partial charge in [-0.2, -0.15) is 0 Å². The van der Waals surface area contributed by atoms with Crippen LogP contribution in [0.2, 0.25) is 0 Å². The predicted octanol–water partition coefficient (Wildman–Crippen LogP) is 2.69. The maximum atomic E-state index is 12.2. The summed E-state index contributed by atoms with van der Waals surface area (Å²) in [6, 6.07) is 12.7. The number of fused-ring (bicyclic) bond motifs is 1. The molecular formula is C21H21NO6. The molecule has 7 nitrogen and oxygen atoms in total. The standard InChI is InChI=1S/C21H21NO6/c1-14(28-20(23)10-8-16-5-3-4-6-17(16)25-2)21(24)22-12-15-7-9-18-19(11-15)27-13-26-18/h3-11,14H,12-13H2,1-2H3,(H,22,24)/b10-8+. The van der Waals surface area contributed by atoms with Gasteiger partial charge in [-0.15, -0.1) is 0 Å². The van der Waals surface area contributed by atoms with E-state index in [1.807, 2.05) is 24.3 Å². The minimum atomic E-state index is -0.927. The highest BCUT2D eigenvalue weighted by Gasteiger charge is 2.17. The van der Waals surface area contributed by atoms with Crippen LogP contribution >= 0.6 is 0 Å². The molecule has 1 N–H and O–H groups in total. The first-order valence-electron chi connectivity index (χ1n) is 8.75. The molecule has 0 saturated carbocycles. The molecule has 2 aromatic rings. The number of methoxy groups -OCH3 is 1. The maximum absolute atomic E-state index is 12.2. The number of hydrogen-bond acceptors (Lipinski definition) is 6. The number of hydrogen-bond donors (Lipinski definition) is 1. The zero-order valence-electron chi connectivity index (χ0n) is 15.6. The van der Waals surface area contributed by atoms with Crippen LogP contribution in [0.25, 0.3) is 6.08 Å². The number of ether oxygens (including phenoxy) is 4. The van der Waals surface area contributed by atoms with Crippen molar-refractivity contribution in [3.63, 3.8) is 0 Å². The van der Waals surface area contributed by atoms with Crippen LogP contribution in [0.5, 0.6) is 17.2 Å².